The molecule has 1 atom stereocenters. The van der Waals surface area contributed by atoms with E-state index in [9.17, 15) is 8.42 Å². The fraction of sp³-hybridized carbons (Fsp3) is 0.438. The van der Waals surface area contributed by atoms with Gasteiger partial charge in [0.2, 0.25) is 0 Å². The molecule has 0 radical (unpaired) electrons. The lowest BCUT2D eigenvalue weighted by molar-refractivity contribution is 0.256. The number of sulfonamides is 1. The Bertz CT molecular complexity index is 833. The fourth-order valence-electron chi connectivity index (χ4n) is 3.08. The second kappa shape index (κ2) is 8.26. The van der Waals surface area contributed by atoms with Crippen LogP contribution in [0, 0.1) is 0 Å². The van der Waals surface area contributed by atoms with Gasteiger partial charge >= 0.3 is 0 Å². The number of aryl methyl sites for hydroxylation is 1. The number of ether oxygens (including phenoxy) is 2. The van der Waals surface area contributed by atoms with Crippen LogP contribution >= 0.6 is 12.4 Å². The molecule has 3 rings (SSSR count). The lowest BCUT2D eigenvalue weighted by Crippen LogP contribution is -2.49. The molecule has 8 nitrogen and oxygen atoms in total. The van der Waals surface area contributed by atoms with Crippen molar-refractivity contribution in [2.45, 2.75) is 10.9 Å². The van der Waals surface area contributed by atoms with Crippen LogP contribution in [0.4, 0.5) is 0 Å². The zero-order valence-corrected chi connectivity index (χ0v) is 16.5. The molecule has 0 spiro atoms. The Morgan fingerprint density at radius 1 is 1.23 bits per heavy atom. The fourth-order valence-corrected chi connectivity index (χ4v) is 4.96. The lowest BCUT2D eigenvalue weighted by atomic mass is 10.2. The van der Waals surface area contributed by atoms with Crippen LogP contribution in [0.1, 0.15) is 11.9 Å². The second-order valence-electron chi connectivity index (χ2n) is 5.72. The zero-order valence-electron chi connectivity index (χ0n) is 14.9. The number of nitrogens with zero attached hydrogens (tertiary/aromatic N) is 3. The highest BCUT2D eigenvalue weighted by atomic mass is 35.5. The first-order valence-electron chi connectivity index (χ1n) is 7.91. The molecule has 0 aliphatic carbocycles. The monoisotopic (exact) mass is 402 g/mol. The molecule has 10 heteroatoms. The minimum atomic E-state index is -3.85. The molecule has 2 aromatic rings. The molecule has 1 aromatic carbocycles. The number of imidazole rings is 1. The maximum atomic E-state index is 13.5. The Balaban J connectivity index is 0.00000243. The number of benzene rings is 1. The molecule has 0 saturated carbocycles. The lowest BCUT2D eigenvalue weighted by Gasteiger charge is -2.35. The van der Waals surface area contributed by atoms with Crippen molar-refractivity contribution in [1.82, 2.24) is 19.2 Å². The topological polar surface area (TPSA) is 85.7 Å². The number of hydrogen-bond acceptors (Lipinski definition) is 6. The molecular formula is C16H23ClN4O4S. The maximum absolute atomic E-state index is 13.5. The van der Waals surface area contributed by atoms with Crippen molar-refractivity contribution < 1.29 is 17.9 Å². The number of hydrogen-bond donors (Lipinski definition) is 1. The maximum Gasteiger partial charge on any atom is 0.251 e. The Morgan fingerprint density at radius 2 is 1.88 bits per heavy atom. The molecule has 2 heterocycles. The molecular weight excluding hydrogens is 380 g/mol. The van der Waals surface area contributed by atoms with Crippen molar-refractivity contribution in [3.05, 3.63) is 36.4 Å². The van der Waals surface area contributed by atoms with Gasteiger partial charge in [-0.2, -0.15) is 4.31 Å². The van der Waals surface area contributed by atoms with Gasteiger partial charge in [0.1, 0.15) is 17.3 Å². The van der Waals surface area contributed by atoms with E-state index in [1.54, 1.807) is 30.6 Å². The van der Waals surface area contributed by atoms with E-state index >= 15 is 0 Å². The van der Waals surface area contributed by atoms with Crippen molar-refractivity contribution in [3.8, 4) is 11.5 Å². The first kappa shape index (κ1) is 20.5. The predicted molar refractivity (Wildman–Crippen MR) is 99.5 cm³/mol. The highest BCUT2D eigenvalue weighted by Gasteiger charge is 2.39. The van der Waals surface area contributed by atoms with Gasteiger partial charge in [-0.15, -0.1) is 12.4 Å². The molecule has 1 aliphatic heterocycles. The van der Waals surface area contributed by atoms with E-state index in [1.165, 1.54) is 18.5 Å². The zero-order chi connectivity index (χ0) is 18.0. The van der Waals surface area contributed by atoms with Gasteiger partial charge in [-0.25, -0.2) is 13.4 Å². The van der Waals surface area contributed by atoms with Gasteiger partial charge < -0.3 is 19.4 Å². The van der Waals surface area contributed by atoms with Gasteiger partial charge in [0, 0.05) is 39.1 Å². The van der Waals surface area contributed by atoms with Gasteiger partial charge in [0.05, 0.1) is 20.3 Å². The van der Waals surface area contributed by atoms with E-state index in [0.717, 1.165) is 0 Å². The van der Waals surface area contributed by atoms with Gasteiger partial charge in [-0.3, -0.25) is 0 Å². The highest BCUT2D eigenvalue weighted by molar-refractivity contribution is 7.89. The molecule has 1 aromatic heterocycles. The molecule has 1 unspecified atom stereocenters. The molecule has 26 heavy (non-hydrogen) atoms. The summed E-state index contributed by atoms with van der Waals surface area (Å²) in [5.74, 6) is 1.21. The summed E-state index contributed by atoms with van der Waals surface area (Å²) in [5.41, 5.74) is 0. The number of piperazine rings is 1. The van der Waals surface area contributed by atoms with Crippen molar-refractivity contribution in [2.24, 2.45) is 7.05 Å². The van der Waals surface area contributed by atoms with Crippen molar-refractivity contribution in [3.63, 3.8) is 0 Å². The van der Waals surface area contributed by atoms with Crippen LogP contribution in [-0.4, -0.2) is 56.1 Å². The van der Waals surface area contributed by atoms with Crippen molar-refractivity contribution in [1.29, 1.82) is 0 Å². The molecule has 1 fully saturated rings. The number of aromatic nitrogens is 2. The molecule has 144 valence electrons. The van der Waals surface area contributed by atoms with Crippen molar-refractivity contribution >= 4 is 22.4 Å². The minimum Gasteiger partial charge on any atom is -0.495 e. The largest absolute Gasteiger partial charge is 0.495 e. The van der Waals surface area contributed by atoms with Crippen LogP contribution in [0.15, 0.2) is 35.5 Å². The van der Waals surface area contributed by atoms with E-state index in [-0.39, 0.29) is 28.8 Å². The van der Waals surface area contributed by atoms with E-state index in [0.29, 0.717) is 25.5 Å². The summed E-state index contributed by atoms with van der Waals surface area (Å²) >= 11 is 0. The number of rotatable bonds is 5. The second-order valence-corrected chi connectivity index (χ2v) is 7.55. The van der Waals surface area contributed by atoms with Gasteiger partial charge in [0.25, 0.3) is 10.0 Å². The van der Waals surface area contributed by atoms with Gasteiger partial charge in [-0.05, 0) is 12.1 Å². The standard InChI is InChI=1S/C16H22N4O4S.ClH/c1-19-9-8-18-16(19)12-11-17-7-10-20(12)25(21,22)15-13(23-2)5-4-6-14(15)24-3;/h4-6,8-9,12,17H,7,10-11H2,1-3H3;1H. The first-order valence-corrected chi connectivity index (χ1v) is 9.35. The smallest absolute Gasteiger partial charge is 0.251 e. The summed E-state index contributed by atoms with van der Waals surface area (Å²) in [6, 6.07) is 4.53. The minimum absolute atomic E-state index is 0. The Labute approximate surface area is 159 Å². The molecule has 1 saturated heterocycles. The van der Waals surface area contributed by atoms with E-state index in [1.807, 2.05) is 11.6 Å². The Hall–Kier alpha value is -1.81. The molecule has 0 amide bonds. The predicted octanol–water partition coefficient (Wildman–Crippen LogP) is 1.19. The summed E-state index contributed by atoms with van der Waals surface area (Å²) in [4.78, 5) is 4.38. The summed E-state index contributed by atoms with van der Waals surface area (Å²) in [7, 11) is 0.896. The van der Waals surface area contributed by atoms with Crippen molar-refractivity contribution in [2.75, 3.05) is 33.9 Å². The summed E-state index contributed by atoms with van der Waals surface area (Å²) in [6.07, 6.45) is 3.47. The summed E-state index contributed by atoms with van der Waals surface area (Å²) in [5, 5.41) is 3.24. The van der Waals surface area contributed by atoms with E-state index < -0.39 is 16.1 Å². The van der Waals surface area contributed by atoms with Crippen LogP contribution in [0.25, 0.3) is 0 Å². The van der Waals surface area contributed by atoms with Gasteiger partial charge in [0.15, 0.2) is 4.90 Å². The van der Waals surface area contributed by atoms with Crippen LogP contribution in [0.2, 0.25) is 0 Å². The third-order valence-electron chi connectivity index (χ3n) is 4.30. The van der Waals surface area contributed by atoms with E-state index in [4.69, 9.17) is 9.47 Å². The number of nitrogens with one attached hydrogen (secondary N) is 1. The normalized spacial score (nSPS) is 18.2. The quantitative estimate of drug-likeness (QED) is 0.808. The Morgan fingerprint density at radius 3 is 2.42 bits per heavy atom. The molecule has 0 bridgehead atoms. The average molecular weight is 403 g/mol. The van der Waals surface area contributed by atoms with E-state index in [2.05, 4.69) is 10.3 Å². The first-order chi connectivity index (χ1) is 12.0. The molecule has 1 N–H and O–H groups in total. The van der Waals surface area contributed by atoms with Crippen LogP contribution in [0.5, 0.6) is 11.5 Å². The SMILES string of the molecule is COc1cccc(OC)c1S(=O)(=O)N1CCNCC1c1nccn1C.Cl. The molecule has 1 aliphatic rings. The third kappa shape index (κ3) is 3.52. The number of methoxy groups -OCH3 is 2. The summed E-state index contributed by atoms with van der Waals surface area (Å²) in [6.45, 7) is 1.39. The summed E-state index contributed by atoms with van der Waals surface area (Å²) < 4.78 is 40.8. The average Bonchev–Trinajstić information content (AvgIpc) is 3.06. The third-order valence-corrected chi connectivity index (χ3v) is 6.27. The van der Waals surface area contributed by atoms with Crippen LogP contribution < -0.4 is 14.8 Å². The number of halogens is 1. The van der Waals surface area contributed by atoms with Gasteiger partial charge in [-0.1, -0.05) is 6.07 Å². The van der Waals surface area contributed by atoms with Crippen LogP contribution in [-0.2, 0) is 17.1 Å². The Kier molecular flexibility index (Phi) is 6.51. The van der Waals surface area contributed by atoms with Crippen LogP contribution in [0.3, 0.4) is 0 Å². The highest BCUT2D eigenvalue weighted by Crippen LogP contribution is 2.38.